The molecule has 0 aliphatic rings. The van der Waals surface area contributed by atoms with E-state index in [0.29, 0.717) is 5.76 Å². The Bertz CT molecular complexity index is 623. The molecule has 0 aliphatic carbocycles. The second-order valence-corrected chi connectivity index (χ2v) is 5.39. The lowest BCUT2D eigenvalue weighted by molar-refractivity contribution is 0.459. The molecule has 0 aliphatic heterocycles. The molecule has 7 heteroatoms. The fourth-order valence-electron chi connectivity index (χ4n) is 1.51. The number of nitrogens with one attached hydrogen (secondary N) is 1. The maximum absolute atomic E-state index is 12.1. The average Bonchev–Trinajstić information content (AvgIpc) is 2.82. The SMILES string of the molecule is CC(NS(=O)(=O)c1ncccc1N)c1ccco1. The van der Waals surface area contributed by atoms with E-state index in [-0.39, 0.29) is 10.7 Å². The van der Waals surface area contributed by atoms with E-state index in [1.54, 1.807) is 25.1 Å². The first-order chi connectivity index (χ1) is 8.50. The van der Waals surface area contributed by atoms with Crippen LogP contribution in [0.2, 0.25) is 0 Å². The van der Waals surface area contributed by atoms with Gasteiger partial charge in [-0.15, -0.1) is 0 Å². The Hall–Kier alpha value is -1.86. The van der Waals surface area contributed by atoms with Gasteiger partial charge in [-0.1, -0.05) is 0 Å². The van der Waals surface area contributed by atoms with E-state index in [0.717, 1.165) is 0 Å². The predicted molar refractivity (Wildman–Crippen MR) is 66.1 cm³/mol. The number of hydrogen-bond donors (Lipinski definition) is 2. The Morgan fingerprint density at radius 1 is 1.39 bits per heavy atom. The minimum absolute atomic E-state index is 0.108. The van der Waals surface area contributed by atoms with Crippen LogP contribution < -0.4 is 10.5 Å². The van der Waals surface area contributed by atoms with Gasteiger partial charge in [-0.05, 0) is 31.2 Å². The molecule has 1 atom stereocenters. The number of anilines is 1. The molecule has 0 fully saturated rings. The van der Waals surface area contributed by atoms with Gasteiger partial charge in [0.2, 0.25) is 0 Å². The summed E-state index contributed by atoms with van der Waals surface area (Å²) in [6.07, 6.45) is 2.86. The van der Waals surface area contributed by atoms with Crippen molar-refractivity contribution >= 4 is 15.7 Å². The quantitative estimate of drug-likeness (QED) is 0.870. The van der Waals surface area contributed by atoms with Gasteiger partial charge in [0.25, 0.3) is 10.0 Å². The third-order valence-electron chi connectivity index (χ3n) is 2.36. The van der Waals surface area contributed by atoms with Crippen molar-refractivity contribution in [3.05, 3.63) is 42.5 Å². The van der Waals surface area contributed by atoms with Crippen molar-refractivity contribution in [2.24, 2.45) is 0 Å². The number of nitrogen functional groups attached to an aromatic ring is 1. The molecule has 0 amide bonds. The van der Waals surface area contributed by atoms with E-state index in [4.69, 9.17) is 10.2 Å². The molecule has 2 heterocycles. The number of nitrogens with zero attached hydrogens (tertiary/aromatic N) is 1. The van der Waals surface area contributed by atoms with Gasteiger partial charge >= 0.3 is 0 Å². The standard InChI is InChI=1S/C11H13N3O3S/c1-8(10-5-3-7-17-10)14-18(15,16)11-9(12)4-2-6-13-11/h2-8,14H,12H2,1H3. The summed E-state index contributed by atoms with van der Waals surface area (Å²) >= 11 is 0. The zero-order valence-corrected chi connectivity index (χ0v) is 10.5. The number of hydrogen-bond acceptors (Lipinski definition) is 5. The maximum atomic E-state index is 12.1. The van der Waals surface area contributed by atoms with Crippen LogP contribution in [0.25, 0.3) is 0 Å². The van der Waals surface area contributed by atoms with Crippen molar-refractivity contribution in [2.45, 2.75) is 18.0 Å². The fraction of sp³-hybridized carbons (Fsp3) is 0.182. The minimum Gasteiger partial charge on any atom is -0.468 e. The third-order valence-corrected chi connectivity index (χ3v) is 3.87. The highest BCUT2D eigenvalue weighted by atomic mass is 32.2. The van der Waals surface area contributed by atoms with Gasteiger partial charge in [0.1, 0.15) is 5.76 Å². The second-order valence-electron chi connectivity index (χ2n) is 3.76. The molecular formula is C11H13N3O3S. The van der Waals surface area contributed by atoms with E-state index >= 15 is 0 Å². The molecule has 18 heavy (non-hydrogen) atoms. The first-order valence-corrected chi connectivity index (χ1v) is 6.75. The molecule has 2 rings (SSSR count). The first-order valence-electron chi connectivity index (χ1n) is 5.27. The monoisotopic (exact) mass is 267 g/mol. The number of aromatic nitrogens is 1. The Morgan fingerprint density at radius 3 is 2.78 bits per heavy atom. The first kappa shape index (κ1) is 12.6. The zero-order valence-electron chi connectivity index (χ0n) is 9.70. The molecular weight excluding hydrogens is 254 g/mol. The Labute approximate surface area is 105 Å². The molecule has 0 radical (unpaired) electrons. The van der Waals surface area contributed by atoms with Gasteiger partial charge in [0.15, 0.2) is 5.03 Å². The summed E-state index contributed by atoms with van der Waals surface area (Å²) in [6.45, 7) is 1.68. The zero-order chi connectivity index (χ0) is 13.2. The van der Waals surface area contributed by atoms with Gasteiger partial charge in [-0.2, -0.15) is 4.72 Å². The summed E-state index contributed by atoms with van der Waals surface area (Å²) in [7, 11) is -3.76. The molecule has 6 nitrogen and oxygen atoms in total. The molecule has 96 valence electrons. The Morgan fingerprint density at radius 2 is 2.17 bits per heavy atom. The maximum Gasteiger partial charge on any atom is 0.260 e. The van der Waals surface area contributed by atoms with Crippen LogP contribution in [0.3, 0.4) is 0 Å². The molecule has 3 N–H and O–H groups in total. The molecule has 0 spiro atoms. The fourth-order valence-corrected chi connectivity index (χ4v) is 2.78. The van der Waals surface area contributed by atoms with Crippen molar-refractivity contribution in [2.75, 3.05) is 5.73 Å². The summed E-state index contributed by atoms with van der Waals surface area (Å²) in [5.41, 5.74) is 5.70. The summed E-state index contributed by atoms with van der Waals surface area (Å²) in [5.74, 6) is 0.521. The van der Waals surface area contributed by atoms with Gasteiger partial charge in [-0.25, -0.2) is 13.4 Å². The number of rotatable bonds is 4. The molecule has 0 aromatic carbocycles. The molecule has 0 saturated carbocycles. The van der Waals surface area contributed by atoms with Crippen LogP contribution in [0.4, 0.5) is 5.69 Å². The minimum atomic E-state index is -3.76. The topological polar surface area (TPSA) is 98.2 Å². The molecule has 1 unspecified atom stereocenters. The lowest BCUT2D eigenvalue weighted by atomic mass is 10.3. The summed E-state index contributed by atoms with van der Waals surface area (Å²) < 4.78 is 31.7. The Kier molecular flexibility index (Phi) is 3.35. The van der Waals surface area contributed by atoms with Crippen molar-refractivity contribution in [3.8, 4) is 0 Å². The lowest BCUT2D eigenvalue weighted by Gasteiger charge is -2.12. The molecule has 0 bridgehead atoms. The summed E-state index contributed by atoms with van der Waals surface area (Å²) in [4.78, 5) is 3.78. The largest absolute Gasteiger partial charge is 0.468 e. The van der Waals surface area contributed by atoms with E-state index in [1.807, 2.05) is 0 Å². The van der Waals surface area contributed by atoms with E-state index in [1.165, 1.54) is 18.5 Å². The normalized spacial score (nSPS) is 13.4. The molecule has 2 aromatic heterocycles. The van der Waals surface area contributed by atoms with Crippen molar-refractivity contribution in [3.63, 3.8) is 0 Å². The summed E-state index contributed by atoms with van der Waals surface area (Å²) in [6, 6.07) is 5.94. The third kappa shape index (κ3) is 2.52. The van der Waals surface area contributed by atoms with Gasteiger partial charge in [0, 0.05) is 6.20 Å². The van der Waals surface area contributed by atoms with Crippen LogP contribution in [0.15, 0.2) is 46.2 Å². The van der Waals surface area contributed by atoms with Gasteiger partial charge < -0.3 is 10.2 Å². The number of furan rings is 1. The number of sulfonamides is 1. The number of nitrogens with two attached hydrogens (primary N) is 1. The van der Waals surface area contributed by atoms with Gasteiger partial charge in [-0.3, -0.25) is 0 Å². The highest BCUT2D eigenvalue weighted by Crippen LogP contribution is 2.19. The predicted octanol–water partition coefficient (Wildman–Crippen LogP) is 1.30. The van der Waals surface area contributed by atoms with Crippen LogP contribution in [-0.4, -0.2) is 13.4 Å². The van der Waals surface area contributed by atoms with Gasteiger partial charge in [0.05, 0.1) is 18.0 Å². The summed E-state index contributed by atoms with van der Waals surface area (Å²) in [5, 5.41) is -0.177. The highest BCUT2D eigenvalue weighted by Gasteiger charge is 2.22. The molecule has 0 saturated heterocycles. The number of pyridine rings is 1. The van der Waals surface area contributed by atoms with E-state index in [2.05, 4.69) is 9.71 Å². The smallest absolute Gasteiger partial charge is 0.260 e. The van der Waals surface area contributed by atoms with E-state index < -0.39 is 16.1 Å². The second kappa shape index (κ2) is 4.79. The van der Waals surface area contributed by atoms with Crippen LogP contribution in [0.1, 0.15) is 18.7 Å². The van der Waals surface area contributed by atoms with E-state index in [9.17, 15) is 8.42 Å². The lowest BCUT2D eigenvalue weighted by Crippen LogP contribution is -2.28. The van der Waals surface area contributed by atoms with Crippen LogP contribution in [-0.2, 0) is 10.0 Å². The van der Waals surface area contributed by atoms with Crippen LogP contribution >= 0.6 is 0 Å². The van der Waals surface area contributed by atoms with Crippen LogP contribution in [0, 0.1) is 0 Å². The van der Waals surface area contributed by atoms with Crippen molar-refractivity contribution in [1.29, 1.82) is 0 Å². The van der Waals surface area contributed by atoms with Crippen LogP contribution in [0.5, 0.6) is 0 Å². The highest BCUT2D eigenvalue weighted by molar-refractivity contribution is 7.89. The van der Waals surface area contributed by atoms with Crippen molar-refractivity contribution in [1.82, 2.24) is 9.71 Å². The Balaban J connectivity index is 2.26. The molecule has 2 aromatic rings. The average molecular weight is 267 g/mol. The van der Waals surface area contributed by atoms with Crippen molar-refractivity contribution < 1.29 is 12.8 Å².